The Balaban J connectivity index is 0.000000212. The normalized spacial score (nSPS) is 11.9. The number of hydrogen-bond donors (Lipinski definition) is 2. The van der Waals surface area contributed by atoms with Crippen molar-refractivity contribution in [3.63, 3.8) is 0 Å². The van der Waals surface area contributed by atoms with Crippen molar-refractivity contribution in [1.29, 1.82) is 0 Å². The Bertz CT molecular complexity index is 1310. The third-order valence-electron chi connectivity index (χ3n) is 4.83. The van der Waals surface area contributed by atoms with Gasteiger partial charge in [-0.1, -0.05) is 23.7 Å². The number of aromatic nitrogens is 3. The second kappa shape index (κ2) is 8.24. The Hall–Kier alpha value is -2.64. The van der Waals surface area contributed by atoms with E-state index in [1.807, 2.05) is 44.3 Å². The third-order valence-corrected chi connectivity index (χ3v) is 7.78. The van der Waals surface area contributed by atoms with Crippen LogP contribution in [-0.4, -0.2) is 35.4 Å². The van der Waals surface area contributed by atoms with Gasteiger partial charge in [0.05, 0.1) is 31.9 Å². The van der Waals surface area contributed by atoms with Crippen LogP contribution >= 0.6 is 11.6 Å². The maximum absolute atomic E-state index is 12.7. The van der Waals surface area contributed by atoms with Crippen LogP contribution in [0.4, 0.5) is 5.69 Å². The van der Waals surface area contributed by atoms with Gasteiger partial charge in [-0.2, -0.15) is 5.10 Å². The van der Waals surface area contributed by atoms with Gasteiger partial charge in [0.2, 0.25) is 0 Å². The molecule has 0 unspecified atom stereocenters. The number of aromatic amines is 1. The van der Waals surface area contributed by atoms with Crippen LogP contribution in [0.5, 0.6) is 0 Å². The van der Waals surface area contributed by atoms with Gasteiger partial charge in [-0.25, -0.2) is 8.42 Å². The number of hydrogen-bond acceptors (Lipinski definition) is 5. The molecular weight excluding hydrogens is 420 g/mol. The summed E-state index contributed by atoms with van der Waals surface area (Å²) in [5.74, 6) is 0. The standard InChI is InChI=1S/C15H20N2O2S.C7H5ClN2/c1-10-8-13-11(12(16-5)6-7-17-13)9-14(10)20(18,19)15(2,3)4;8-6-3-1-2-5-4-9-10-7(5)6/h6-9H,1-5H3,(H,16,17);1-4H,(H,9,10). The lowest BCUT2D eigenvalue weighted by Gasteiger charge is -2.21. The van der Waals surface area contributed by atoms with Crippen molar-refractivity contribution < 1.29 is 8.42 Å². The first kappa shape index (κ1) is 22.1. The van der Waals surface area contributed by atoms with Gasteiger partial charge < -0.3 is 5.32 Å². The number of nitrogens with zero attached hydrogens (tertiary/aromatic N) is 2. The van der Waals surface area contributed by atoms with Crippen molar-refractivity contribution in [2.75, 3.05) is 12.4 Å². The quantitative estimate of drug-likeness (QED) is 0.433. The summed E-state index contributed by atoms with van der Waals surface area (Å²) in [4.78, 5) is 4.68. The maximum Gasteiger partial charge on any atom is 0.183 e. The second-order valence-corrected chi connectivity index (χ2v) is 11.0. The minimum atomic E-state index is -3.38. The zero-order valence-corrected chi connectivity index (χ0v) is 19.2. The van der Waals surface area contributed by atoms with Crippen LogP contribution in [0.2, 0.25) is 5.02 Å². The van der Waals surface area contributed by atoms with E-state index >= 15 is 0 Å². The molecule has 0 amide bonds. The molecular formula is C22H25ClN4O2S. The highest BCUT2D eigenvalue weighted by Gasteiger charge is 2.32. The summed E-state index contributed by atoms with van der Waals surface area (Å²) >= 11 is 5.83. The highest BCUT2D eigenvalue weighted by molar-refractivity contribution is 7.92. The summed E-state index contributed by atoms with van der Waals surface area (Å²) in [5.41, 5.74) is 3.31. The number of benzene rings is 2. The Morgan fingerprint density at radius 1 is 1.13 bits per heavy atom. The fourth-order valence-electron chi connectivity index (χ4n) is 3.05. The average molecular weight is 445 g/mol. The molecule has 6 nitrogen and oxygen atoms in total. The summed E-state index contributed by atoms with van der Waals surface area (Å²) in [6.07, 6.45) is 3.47. The van der Waals surface area contributed by atoms with E-state index in [4.69, 9.17) is 11.6 Å². The second-order valence-electron chi connectivity index (χ2n) is 7.93. The van der Waals surface area contributed by atoms with E-state index in [1.165, 1.54) is 0 Å². The van der Waals surface area contributed by atoms with E-state index in [0.717, 1.165) is 38.1 Å². The van der Waals surface area contributed by atoms with Gasteiger partial charge in [-0.3, -0.25) is 10.1 Å². The minimum Gasteiger partial charge on any atom is -0.388 e. The average Bonchev–Trinajstić information content (AvgIpc) is 3.16. The number of sulfone groups is 1. The van der Waals surface area contributed by atoms with Gasteiger partial charge in [-0.15, -0.1) is 0 Å². The minimum absolute atomic E-state index is 0.377. The van der Waals surface area contributed by atoms with Gasteiger partial charge in [0, 0.05) is 29.7 Å². The van der Waals surface area contributed by atoms with Crippen LogP contribution in [0.1, 0.15) is 26.3 Å². The molecule has 2 aromatic carbocycles. The van der Waals surface area contributed by atoms with E-state index in [0.29, 0.717) is 4.90 Å². The fourth-order valence-corrected chi connectivity index (χ4v) is 4.69. The van der Waals surface area contributed by atoms with E-state index < -0.39 is 14.6 Å². The van der Waals surface area contributed by atoms with Crippen molar-refractivity contribution in [3.05, 3.63) is 59.4 Å². The predicted molar refractivity (Wildman–Crippen MR) is 124 cm³/mol. The number of rotatable bonds is 2. The number of nitrogens with one attached hydrogen (secondary N) is 2. The SMILES string of the molecule is CNc1ccnc2cc(C)c(S(=O)(=O)C(C)(C)C)cc12.Clc1cccc2cn[nH]c12. The molecule has 0 aliphatic rings. The fraction of sp³-hybridized carbons (Fsp3) is 0.273. The summed E-state index contributed by atoms with van der Waals surface area (Å²) in [6, 6.07) is 11.1. The van der Waals surface area contributed by atoms with Gasteiger partial charge in [-0.05, 0) is 57.5 Å². The molecule has 0 fully saturated rings. The number of aryl methyl sites for hydroxylation is 1. The van der Waals surface area contributed by atoms with Gasteiger partial charge >= 0.3 is 0 Å². The van der Waals surface area contributed by atoms with E-state index in [1.54, 1.807) is 39.2 Å². The number of anilines is 1. The molecule has 0 saturated heterocycles. The lowest BCUT2D eigenvalue weighted by molar-refractivity contribution is 0.560. The van der Waals surface area contributed by atoms with Gasteiger partial charge in [0.15, 0.2) is 9.84 Å². The molecule has 0 saturated carbocycles. The summed E-state index contributed by atoms with van der Waals surface area (Å²) < 4.78 is 24.5. The number of fused-ring (bicyclic) bond motifs is 2. The van der Waals surface area contributed by atoms with Gasteiger partial charge in [0.25, 0.3) is 0 Å². The van der Waals surface area contributed by atoms with Crippen molar-refractivity contribution in [2.45, 2.75) is 37.3 Å². The number of pyridine rings is 1. The first-order valence-electron chi connectivity index (χ1n) is 9.45. The van der Waals surface area contributed by atoms with E-state index in [2.05, 4.69) is 20.5 Å². The molecule has 2 aromatic heterocycles. The van der Waals surface area contributed by atoms with Crippen molar-refractivity contribution in [3.8, 4) is 0 Å². The molecule has 0 aliphatic heterocycles. The third kappa shape index (κ3) is 4.13. The zero-order chi connectivity index (χ0) is 22.1. The van der Waals surface area contributed by atoms with Crippen LogP contribution < -0.4 is 5.32 Å². The van der Waals surface area contributed by atoms with Crippen molar-refractivity contribution in [1.82, 2.24) is 15.2 Å². The lowest BCUT2D eigenvalue weighted by atomic mass is 10.1. The maximum atomic E-state index is 12.7. The Kier molecular flexibility index (Phi) is 6.06. The van der Waals surface area contributed by atoms with Crippen LogP contribution in [0, 0.1) is 6.92 Å². The molecule has 0 bridgehead atoms. The van der Waals surface area contributed by atoms with Crippen LogP contribution in [0.25, 0.3) is 21.8 Å². The summed E-state index contributed by atoms with van der Waals surface area (Å²) in [7, 11) is -1.57. The predicted octanol–water partition coefficient (Wildman–Crippen LogP) is 5.37. The van der Waals surface area contributed by atoms with E-state index in [9.17, 15) is 8.42 Å². The number of para-hydroxylation sites is 1. The monoisotopic (exact) mass is 444 g/mol. The molecule has 0 aliphatic carbocycles. The Labute approximate surface area is 181 Å². The highest BCUT2D eigenvalue weighted by Crippen LogP contribution is 2.32. The van der Waals surface area contributed by atoms with Crippen LogP contribution in [-0.2, 0) is 9.84 Å². The highest BCUT2D eigenvalue weighted by atomic mass is 35.5. The molecule has 0 radical (unpaired) electrons. The van der Waals surface area contributed by atoms with E-state index in [-0.39, 0.29) is 0 Å². The topological polar surface area (TPSA) is 87.7 Å². The molecule has 4 aromatic rings. The molecule has 158 valence electrons. The Morgan fingerprint density at radius 3 is 2.50 bits per heavy atom. The first-order chi connectivity index (χ1) is 14.1. The molecule has 4 rings (SSSR count). The van der Waals surface area contributed by atoms with Crippen molar-refractivity contribution >= 4 is 48.9 Å². The van der Waals surface area contributed by atoms with Crippen LogP contribution in [0.15, 0.2) is 53.7 Å². The molecule has 0 spiro atoms. The number of H-pyrrole nitrogens is 1. The summed E-state index contributed by atoms with van der Waals surface area (Å²) in [6.45, 7) is 6.96. The molecule has 8 heteroatoms. The largest absolute Gasteiger partial charge is 0.388 e. The van der Waals surface area contributed by atoms with Gasteiger partial charge in [0.1, 0.15) is 0 Å². The lowest BCUT2D eigenvalue weighted by Crippen LogP contribution is -2.28. The first-order valence-corrected chi connectivity index (χ1v) is 11.3. The number of halogens is 1. The summed E-state index contributed by atoms with van der Waals surface area (Å²) in [5, 5.41) is 12.3. The zero-order valence-electron chi connectivity index (χ0n) is 17.6. The van der Waals surface area contributed by atoms with Crippen LogP contribution in [0.3, 0.4) is 0 Å². The molecule has 30 heavy (non-hydrogen) atoms. The molecule has 2 heterocycles. The molecule has 2 N–H and O–H groups in total. The Morgan fingerprint density at radius 2 is 1.87 bits per heavy atom. The smallest absolute Gasteiger partial charge is 0.183 e. The molecule has 0 atom stereocenters. The van der Waals surface area contributed by atoms with Crippen molar-refractivity contribution in [2.24, 2.45) is 0 Å².